The van der Waals surface area contributed by atoms with E-state index in [0.717, 1.165) is 5.56 Å². The van der Waals surface area contributed by atoms with Crippen LogP contribution in [0.5, 0.6) is 5.75 Å². The lowest BCUT2D eigenvalue weighted by atomic mass is 10.1. The number of carbonyl (C=O) groups excluding carboxylic acids is 1. The number of amides is 1. The molecule has 0 bridgehead atoms. The van der Waals surface area contributed by atoms with Gasteiger partial charge in [0.05, 0.1) is 12.9 Å². The van der Waals surface area contributed by atoms with E-state index < -0.39 is 25.8 Å². The number of methoxy groups -OCH3 is 1. The van der Waals surface area contributed by atoms with Crippen LogP contribution in [-0.2, 0) is 32.2 Å². The molecule has 0 saturated carbocycles. The number of benzene rings is 2. The van der Waals surface area contributed by atoms with E-state index in [9.17, 15) is 21.6 Å². The Morgan fingerprint density at radius 1 is 1.00 bits per heavy atom. The largest absolute Gasteiger partial charge is 0.495 e. The summed E-state index contributed by atoms with van der Waals surface area (Å²) in [5.74, 6) is -0.364. The first-order valence-corrected chi connectivity index (χ1v) is 11.8. The standard InChI is InChI=1S/C18H22N2O6S2/c1-19-28(24,25)17-10-15(8-9-16(17)26-2)18(21)20-11-13-4-6-14(7-5-13)12-27(3,22)23/h4-10,19H,11-12H2,1-3H3,(H,20,21). The molecule has 0 unspecified atom stereocenters. The molecule has 8 nitrogen and oxygen atoms in total. The van der Waals surface area contributed by atoms with Crippen molar-refractivity contribution in [3.63, 3.8) is 0 Å². The first-order valence-electron chi connectivity index (χ1n) is 8.21. The minimum absolute atomic E-state index is 0.0474. The fourth-order valence-corrected chi connectivity index (χ4v) is 4.19. The zero-order valence-electron chi connectivity index (χ0n) is 15.7. The maximum Gasteiger partial charge on any atom is 0.251 e. The molecule has 1 amide bonds. The highest BCUT2D eigenvalue weighted by atomic mass is 32.2. The molecule has 0 spiro atoms. The molecular weight excluding hydrogens is 404 g/mol. The molecule has 0 fully saturated rings. The average Bonchev–Trinajstić information content (AvgIpc) is 2.65. The molecule has 0 aliphatic heterocycles. The summed E-state index contributed by atoms with van der Waals surface area (Å²) < 4.78 is 54.1. The first kappa shape index (κ1) is 21.9. The number of sulfonamides is 1. The Balaban J connectivity index is 2.12. The van der Waals surface area contributed by atoms with Gasteiger partial charge in [0, 0.05) is 18.4 Å². The minimum atomic E-state index is -3.79. The smallest absolute Gasteiger partial charge is 0.251 e. The Labute approximate surface area is 164 Å². The topological polar surface area (TPSA) is 119 Å². The number of ether oxygens (including phenoxy) is 1. The zero-order valence-corrected chi connectivity index (χ0v) is 17.4. The summed E-state index contributed by atoms with van der Waals surface area (Å²) in [5, 5.41) is 2.70. The second-order valence-corrected chi connectivity index (χ2v) is 10.1. The Kier molecular flexibility index (Phi) is 6.81. The van der Waals surface area contributed by atoms with Gasteiger partial charge in [-0.25, -0.2) is 21.6 Å². The lowest BCUT2D eigenvalue weighted by molar-refractivity contribution is 0.0950. The molecular formula is C18H22N2O6S2. The van der Waals surface area contributed by atoms with E-state index >= 15 is 0 Å². The van der Waals surface area contributed by atoms with Gasteiger partial charge in [-0.3, -0.25) is 4.79 Å². The summed E-state index contributed by atoms with van der Waals surface area (Å²) in [6.07, 6.45) is 1.17. The highest BCUT2D eigenvalue weighted by molar-refractivity contribution is 7.90. The summed E-state index contributed by atoms with van der Waals surface area (Å²) in [7, 11) is -4.28. The molecule has 2 N–H and O–H groups in total. The summed E-state index contributed by atoms with van der Waals surface area (Å²) in [5.41, 5.74) is 1.61. The molecule has 0 aromatic heterocycles. The number of rotatable bonds is 8. The van der Waals surface area contributed by atoms with Gasteiger partial charge in [-0.1, -0.05) is 24.3 Å². The summed E-state index contributed by atoms with van der Waals surface area (Å²) >= 11 is 0. The molecule has 0 radical (unpaired) electrons. The van der Waals surface area contributed by atoms with E-state index in [0.29, 0.717) is 5.56 Å². The number of hydrogen-bond donors (Lipinski definition) is 2. The predicted octanol–water partition coefficient (Wildman–Crippen LogP) is 1.08. The van der Waals surface area contributed by atoms with Crippen LogP contribution in [0, 0.1) is 0 Å². The van der Waals surface area contributed by atoms with Gasteiger partial charge in [0.25, 0.3) is 5.91 Å². The lowest BCUT2D eigenvalue weighted by Gasteiger charge is -2.11. The van der Waals surface area contributed by atoms with Gasteiger partial charge in [-0.05, 0) is 36.4 Å². The molecule has 0 saturated heterocycles. The van der Waals surface area contributed by atoms with Crippen molar-refractivity contribution < 1.29 is 26.4 Å². The molecule has 2 aromatic carbocycles. The van der Waals surface area contributed by atoms with Crippen molar-refractivity contribution in [3.8, 4) is 5.75 Å². The second kappa shape index (κ2) is 8.72. The van der Waals surface area contributed by atoms with Crippen molar-refractivity contribution in [2.75, 3.05) is 20.4 Å². The van der Waals surface area contributed by atoms with Gasteiger partial charge in [-0.15, -0.1) is 0 Å². The first-order chi connectivity index (χ1) is 13.1. The van der Waals surface area contributed by atoms with Gasteiger partial charge in [0.15, 0.2) is 9.84 Å². The van der Waals surface area contributed by atoms with E-state index in [4.69, 9.17) is 4.74 Å². The van der Waals surface area contributed by atoms with Crippen molar-refractivity contribution in [2.24, 2.45) is 0 Å². The summed E-state index contributed by atoms with van der Waals surface area (Å²) in [6, 6.07) is 11.0. The third kappa shape index (κ3) is 5.78. The molecule has 0 heterocycles. The highest BCUT2D eigenvalue weighted by Gasteiger charge is 2.20. The third-order valence-corrected chi connectivity index (χ3v) is 6.18. The predicted molar refractivity (Wildman–Crippen MR) is 105 cm³/mol. The monoisotopic (exact) mass is 426 g/mol. The van der Waals surface area contributed by atoms with Crippen LogP contribution >= 0.6 is 0 Å². The quantitative estimate of drug-likeness (QED) is 0.652. The van der Waals surface area contributed by atoms with Gasteiger partial charge in [0.2, 0.25) is 10.0 Å². The maximum absolute atomic E-state index is 12.4. The van der Waals surface area contributed by atoms with Crippen molar-refractivity contribution in [2.45, 2.75) is 17.2 Å². The summed E-state index contributed by atoms with van der Waals surface area (Å²) in [6.45, 7) is 0.206. The average molecular weight is 427 g/mol. The molecule has 0 atom stereocenters. The molecule has 28 heavy (non-hydrogen) atoms. The Morgan fingerprint density at radius 3 is 2.14 bits per heavy atom. The number of nitrogens with one attached hydrogen (secondary N) is 2. The SMILES string of the molecule is CNS(=O)(=O)c1cc(C(=O)NCc2ccc(CS(C)(=O)=O)cc2)ccc1OC. The number of carbonyl (C=O) groups is 1. The van der Waals surface area contributed by atoms with Gasteiger partial charge in [0.1, 0.15) is 10.6 Å². The van der Waals surface area contributed by atoms with Crippen molar-refractivity contribution >= 4 is 25.8 Å². The Bertz CT molecular complexity index is 1060. The van der Waals surface area contributed by atoms with E-state index in [1.165, 1.54) is 38.6 Å². The van der Waals surface area contributed by atoms with E-state index in [-0.39, 0.29) is 28.5 Å². The fourth-order valence-electron chi connectivity index (χ4n) is 2.48. The summed E-state index contributed by atoms with van der Waals surface area (Å²) in [4.78, 5) is 12.3. The van der Waals surface area contributed by atoms with Crippen LogP contribution < -0.4 is 14.8 Å². The molecule has 2 aromatic rings. The van der Waals surface area contributed by atoms with Crippen molar-refractivity contribution in [3.05, 3.63) is 59.2 Å². The van der Waals surface area contributed by atoms with Crippen molar-refractivity contribution in [1.82, 2.24) is 10.0 Å². The highest BCUT2D eigenvalue weighted by Crippen LogP contribution is 2.24. The molecule has 2 rings (SSSR count). The van der Waals surface area contributed by atoms with Gasteiger partial charge >= 0.3 is 0 Å². The Hall–Kier alpha value is -2.43. The van der Waals surface area contributed by atoms with E-state index in [2.05, 4.69) is 10.0 Å². The maximum atomic E-state index is 12.4. The number of sulfone groups is 1. The van der Waals surface area contributed by atoms with Crippen LogP contribution in [0.25, 0.3) is 0 Å². The van der Waals surface area contributed by atoms with Crippen LogP contribution in [0.1, 0.15) is 21.5 Å². The Morgan fingerprint density at radius 2 is 1.61 bits per heavy atom. The minimum Gasteiger partial charge on any atom is -0.495 e. The lowest BCUT2D eigenvalue weighted by Crippen LogP contribution is -2.24. The third-order valence-electron chi connectivity index (χ3n) is 3.89. The van der Waals surface area contributed by atoms with Crippen molar-refractivity contribution in [1.29, 1.82) is 0 Å². The van der Waals surface area contributed by atoms with Crippen LogP contribution in [0.4, 0.5) is 0 Å². The van der Waals surface area contributed by atoms with Gasteiger partial charge < -0.3 is 10.1 Å². The second-order valence-electron chi connectivity index (χ2n) is 6.14. The van der Waals surface area contributed by atoms with Crippen LogP contribution in [0.3, 0.4) is 0 Å². The number of hydrogen-bond acceptors (Lipinski definition) is 6. The molecule has 10 heteroatoms. The normalized spacial score (nSPS) is 11.8. The van der Waals surface area contributed by atoms with Crippen LogP contribution in [0.15, 0.2) is 47.4 Å². The van der Waals surface area contributed by atoms with E-state index in [1.807, 2.05) is 0 Å². The van der Waals surface area contributed by atoms with Gasteiger partial charge in [-0.2, -0.15) is 0 Å². The molecule has 152 valence electrons. The van der Waals surface area contributed by atoms with E-state index in [1.54, 1.807) is 24.3 Å². The fraction of sp³-hybridized carbons (Fsp3) is 0.278. The molecule has 0 aliphatic carbocycles. The zero-order chi connectivity index (χ0) is 20.9. The van der Waals surface area contributed by atoms with Crippen LogP contribution in [-0.4, -0.2) is 43.2 Å². The van der Waals surface area contributed by atoms with Crippen LogP contribution in [0.2, 0.25) is 0 Å². The molecule has 0 aliphatic rings.